The first-order chi connectivity index (χ1) is 7.76. The zero-order chi connectivity index (χ0) is 11.5. The molecule has 0 radical (unpaired) electrons. The molecule has 1 aliphatic rings. The molecule has 0 saturated carbocycles. The summed E-state index contributed by atoms with van der Waals surface area (Å²) < 4.78 is 0. The predicted octanol–water partition coefficient (Wildman–Crippen LogP) is 2.40. The summed E-state index contributed by atoms with van der Waals surface area (Å²) >= 11 is 1.68. The molecule has 1 aromatic carbocycles. The molecule has 2 rings (SSSR count). The number of hydrogen-bond donors (Lipinski definition) is 2. The molecule has 0 aromatic heterocycles. The smallest absolute Gasteiger partial charge is 0.246 e. The summed E-state index contributed by atoms with van der Waals surface area (Å²) in [7, 11) is 0. The van der Waals surface area contributed by atoms with Gasteiger partial charge in [-0.2, -0.15) is 0 Å². The zero-order valence-electron chi connectivity index (χ0n) is 9.54. The summed E-state index contributed by atoms with van der Waals surface area (Å²) in [5, 5.41) is 6.17. The maximum Gasteiger partial charge on any atom is 0.246 e. The molecule has 0 fully saturated rings. The van der Waals surface area contributed by atoms with Crippen LogP contribution in [0.3, 0.4) is 0 Å². The summed E-state index contributed by atoms with van der Waals surface area (Å²) in [4.78, 5) is 12.9. The Morgan fingerprint density at radius 1 is 1.50 bits per heavy atom. The fraction of sp³-hybridized carbons (Fsp3) is 0.417. The second-order valence-corrected chi connectivity index (χ2v) is 4.71. The minimum absolute atomic E-state index is 0.0571. The van der Waals surface area contributed by atoms with E-state index in [1.165, 1.54) is 4.90 Å². The third-order valence-electron chi connectivity index (χ3n) is 2.69. The summed E-state index contributed by atoms with van der Waals surface area (Å²) in [6, 6.07) is 5.95. The molecule has 16 heavy (non-hydrogen) atoms. The maximum absolute atomic E-state index is 11.8. The van der Waals surface area contributed by atoms with Crippen LogP contribution in [0.25, 0.3) is 0 Å². The number of fused-ring (bicyclic) bond motifs is 1. The van der Waals surface area contributed by atoms with E-state index in [2.05, 4.69) is 23.6 Å². The fourth-order valence-corrected chi connectivity index (χ4v) is 2.30. The highest BCUT2D eigenvalue weighted by atomic mass is 32.2. The van der Waals surface area contributed by atoms with E-state index in [9.17, 15) is 4.79 Å². The van der Waals surface area contributed by atoms with Crippen LogP contribution in [0.5, 0.6) is 0 Å². The van der Waals surface area contributed by atoms with Gasteiger partial charge in [-0.3, -0.25) is 4.79 Å². The minimum Gasteiger partial charge on any atom is -0.324 e. The van der Waals surface area contributed by atoms with Crippen LogP contribution < -0.4 is 10.6 Å². The van der Waals surface area contributed by atoms with Crippen molar-refractivity contribution in [2.24, 2.45) is 0 Å². The number of hydrogen-bond acceptors (Lipinski definition) is 3. The molecule has 1 heterocycles. The molecule has 0 aliphatic carbocycles. The second-order valence-electron chi connectivity index (χ2n) is 3.83. The Bertz CT molecular complexity index is 406. The number of carbonyl (C=O) groups excluding carboxylic acids is 1. The van der Waals surface area contributed by atoms with Crippen molar-refractivity contribution in [3.8, 4) is 0 Å². The standard InChI is InChI=1S/C12H16N2OS/c1-3-6-13-11-9-5-4-8(16-2)7-10(9)14-12(11)15/h4-5,7,11,13H,3,6H2,1-2H3,(H,14,15). The van der Waals surface area contributed by atoms with Crippen molar-refractivity contribution in [3.63, 3.8) is 0 Å². The van der Waals surface area contributed by atoms with Gasteiger partial charge in [0.25, 0.3) is 0 Å². The molecule has 0 spiro atoms. The van der Waals surface area contributed by atoms with E-state index in [1.807, 2.05) is 18.4 Å². The van der Waals surface area contributed by atoms with E-state index in [4.69, 9.17) is 0 Å². The van der Waals surface area contributed by atoms with Gasteiger partial charge in [0.1, 0.15) is 6.04 Å². The molecule has 0 saturated heterocycles. The predicted molar refractivity (Wildman–Crippen MR) is 67.9 cm³/mol. The summed E-state index contributed by atoms with van der Waals surface area (Å²) in [6.07, 6.45) is 3.06. The van der Waals surface area contributed by atoms with E-state index in [0.29, 0.717) is 0 Å². The van der Waals surface area contributed by atoms with Gasteiger partial charge >= 0.3 is 0 Å². The number of anilines is 1. The van der Waals surface area contributed by atoms with E-state index in [-0.39, 0.29) is 11.9 Å². The monoisotopic (exact) mass is 236 g/mol. The lowest BCUT2D eigenvalue weighted by Crippen LogP contribution is -2.27. The molecule has 1 unspecified atom stereocenters. The van der Waals surface area contributed by atoms with Crippen LogP contribution in [0.1, 0.15) is 24.9 Å². The third kappa shape index (κ3) is 2.08. The molecular formula is C12H16N2OS. The Labute approximate surface area is 100.0 Å². The number of carbonyl (C=O) groups is 1. The van der Waals surface area contributed by atoms with Gasteiger partial charge in [0, 0.05) is 16.1 Å². The highest BCUT2D eigenvalue weighted by molar-refractivity contribution is 7.98. The van der Waals surface area contributed by atoms with Crippen molar-refractivity contribution in [1.82, 2.24) is 5.32 Å². The molecule has 2 N–H and O–H groups in total. The Kier molecular flexibility index (Phi) is 3.51. The minimum atomic E-state index is -0.175. The van der Waals surface area contributed by atoms with Crippen LogP contribution in [0, 0.1) is 0 Å². The second kappa shape index (κ2) is 4.89. The van der Waals surface area contributed by atoms with Crippen molar-refractivity contribution in [3.05, 3.63) is 23.8 Å². The fourth-order valence-electron chi connectivity index (χ4n) is 1.86. The molecule has 1 aromatic rings. The Balaban J connectivity index is 2.24. The van der Waals surface area contributed by atoms with Gasteiger partial charge in [0.15, 0.2) is 0 Å². The molecule has 4 heteroatoms. The SMILES string of the molecule is CCCNC1C(=O)Nc2cc(SC)ccc21. The van der Waals surface area contributed by atoms with Crippen molar-refractivity contribution >= 4 is 23.4 Å². The number of rotatable bonds is 4. The lowest BCUT2D eigenvalue weighted by atomic mass is 10.1. The topological polar surface area (TPSA) is 41.1 Å². The number of thioether (sulfide) groups is 1. The summed E-state index contributed by atoms with van der Waals surface area (Å²) in [5.41, 5.74) is 2.02. The summed E-state index contributed by atoms with van der Waals surface area (Å²) in [6.45, 7) is 2.96. The molecule has 86 valence electrons. The van der Waals surface area contributed by atoms with Crippen LogP contribution in [-0.4, -0.2) is 18.7 Å². The average molecular weight is 236 g/mol. The van der Waals surface area contributed by atoms with E-state index < -0.39 is 0 Å². The van der Waals surface area contributed by atoms with Crippen LogP contribution in [0.2, 0.25) is 0 Å². The first kappa shape index (κ1) is 11.5. The Morgan fingerprint density at radius 2 is 2.31 bits per heavy atom. The van der Waals surface area contributed by atoms with Crippen molar-refractivity contribution in [2.75, 3.05) is 18.1 Å². The Morgan fingerprint density at radius 3 is 3.00 bits per heavy atom. The number of benzene rings is 1. The van der Waals surface area contributed by atoms with Gasteiger partial charge in [-0.15, -0.1) is 11.8 Å². The van der Waals surface area contributed by atoms with Gasteiger partial charge in [-0.05, 0) is 31.4 Å². The van der Waals surface area contributed by atoms with Crippen molar-refractivity contribution < 1.29 is 4.79 Å². The first-order valence-electron chi connectivity index (χ1n) is 5.48. The van der Waals surface area contributed by atoms with E-state index in [1.54, 1.807) is 11.8 Å². The number of nitrogens with one attached hydrogen (secondary N) is 2. The van der Waals surface area contributed by atoms with Gasteiger partial charge in [0.2, 0.25) is 5.91 Å². The highest BCUT2D eigenvalue weighted by Crippen LogP contribution is 2.33. The van der Waals surface area contributed by atoms with Gasteiger partial charge in [0.05, 0.1) is 0 Å². The van der Waals surface area contributed by atoms with Crippen LogP contribution in [0.15, 0.2) is 23.1 Å². The lowest BCUT2D eigenvalue weighted by molar-refractivity contribution is -0.117. The molecule has 0 bridgehead atoms. The quantitative estimate of drug-likeness (QED) is 0.789. The maximum atomic E-state index is 11.8. The lowest BCUT2D eigenvalue weighted by Gasteiger charge is -2.10. The molecule has 1 aliphatic heterocycles. The van der Waals surface area contributed by atoms with Crippen molar-refractivity contribution in [1.29, 1.82) is 0 Å². The van der Waals surface area contributed by atoms with Crippen LogP contribution >= 0.6 is 11.8 Å². The normalized spacial score (nSPS) is 18.4. The molecule has 3 nitrogen and oxygen atoms in total. The van der Waals surface area contributed by atoms with Crippen LogP contribution in [-0.2, 0) is 4.79 Å². The van der Waals surface area contributed by atoms with Gasteiger partial charge < -0.3 is 10.6 Å². The van der Waals surface area contributed by atoms with Crippen LogP contribution in [0.4, 0.5) is 5.69 Å². The largest absolute Gasteiger partial charge is 0.324 e. The molecule has 1 amide bonds. The Hall–Kier alpha value is -1.00. The summed E-state index contributed by atoms with van der Waals surface area (Å²) in [5.74, 6) is 0.0571. The molecular weight excluding hydrogens is 220 g/mol. The number of amides is 1. The van der Waals surface area contributed by atoms with E-state index >= 15 is 0 Å². The highest BCUT2D eigenvalue weighted by Gasteiger charge is 2.29. The first-order valence-corrected chi connectivity index (χ1v) is 6.71. The van der Waals surface area contributed by atoms with Crippen molar-refractivity contribution in [2.45, 2.75) is 24.3 Å². The van der Waals surface area contributed by atoms with E-state index in [0.717, 1.165) is 24.2 Å². The third-order valence-corrected chi connectivity index (χ3v) is 3.42. The van der Waals surface area contributed by atoms with Gasteiger partial charge in [-0.1, -0.05) is 13.0 Å². The molecule has 1 atom stereocenters. The average Bonchev–Trinajstić information content (AvgIpc) is 2.61. The van der Waals surface area contributed by atoms with Gasteiger partial charge in [-0.25, -0.2) is 0 Å². The zero-order valence-corrected chi connectivity index (χ0v) is 10.4.